The van der Waals surface area contributed by atoms with E-state index in [4.69, 9.17) is 4.74 Å². The van der Waals surface area contributed by atoms with Gasteiger partial charge in [0, 0.05) is 22.9 Å². The molecule has 0 spiro atoms. The van der Waals surface area contributed by atoms with Crippen molar-refractivity contribution in [1.82, 2.24) is 5.32 Å². The maximum Gasteiger partial charge on any atom is 0.310 e. The van der Waals surface area contributed by atoms with Crippen molar-refractivity contribution in [3.63, 3.8) is 0 Å². The minimum absolute atomic E-state index is 0.0606. The quantitative estimate of drug-likeness (QED) is 0.644. The lowest BCUT2D eigenvalue weighted by atomic mass is 9.77. The lowest BCUT2D eigenvalue weighted by Gasteiger charge is -2.36. The predicted molar refractivity (Wildman–Crippen MR) is 76.5 cm³/mol. The second-order valence-electron chi connectivity index (χ2n) is 5.53. The number of methoxy groups -OCH3 is 1. The fourth-order valence-electron chi connectivity index (χ4n) is 3.58. The average Bonchev–Trinajstić information content (AvgIpc) is 2.80. The van der Waals surface area contributed by atoms with E-state index in [2.05, 4.69) is 30.1 Å². The molecule has 0 saturated carbocycles. The smallest absolute Gasteiger partial charge is 0.310 e. The van der Waals surface area contributed by atoms with Gasteiger partial charge < -0.3 is 10.1 Å². The summed E-state index contributed by atoms with van der Waals surface area (Å²) in [5, 5.41) is 3.55. The van der Waals surface area contributed by atoms with E-state index in [1.54, 1.807) is 0 Å². The molecule has 102 valence electrons. The van der Waals surface area contributed by atoms with E-state index in [0.717, 1.165) is 17.7 Å². The van der Waals surface area contributed by atoms with Crippen molar-refractivity contribution < 1.29 is 9.53 Å². The first-order chi connectivity index (χ1) is 9.19. The van der Waals surface area contributed by atoms with Crippen molar-refractivity contribution >= 4 is 18.6 Å². The number of piperidine rings is 1. The highest BCUT2D eigenvalue weighted by Gasteiger charge is 2.46. The molecule has 1 aromatic carbocycles. The number of rotatable bonds is 2. The highest BCUT2D eigenvalue weighted by Crippen LogP contribution is 2.42. The van der Waals surface area contributed by atoms with Crippen LogP contribution < -0.4 is 5.32 Å². The van der Waals surface area contributed by atoms with Gasteiger partial charge in [0.2, 0.25) is 0 Å². The van der Waals surface area contributed by atoms with Gasteiger partial charge in [-0.2, -0.15) is 0 Å². The summed E-state index contributed by atoms with van der Waals surface area (Å²) >= 11 is 4.32. The van der Waals surface area contributed by atoms with Crippen LogP contribution in [-0.4, -0.2) is 25.2 Å². The number of thiol groups is 1. The molecule has 2 fully saturated rings. The molecule has 19 heavy (non-hydrogen) atoms. The van der Waals surface area contributed by atoms with Crippen LogP contribution in [0.5, 0.6) is 0 Å². The van der Waals surface area contributed by atoms with Gasteiger partial charge in [-0.15, -0.1) is 12.6 Å². The Bertz CT molecular complexity index is 474. The maximum absolute atomic E-state index is 12.1. The number of ether oxygens (including phenoxy) is 1. The van der Waals surface area contributed by atoms with Crippen molar-refractivity contribution in [2.45, 2.75) is 42.2 Å². The summed E-state index contributed by atoms with van der Waals surface area (Å²) in [5.74, 6) is 0.118. The van der Waals surface area contributed by atoms with Gasteiger partial charge in [-0.05, 0) is 37.0 Å². The minimum Gasteiger partial charge on any atom is -0.469 e. The van der Waals surface area contributed by atoms with Crippen LogP contribution in [0.25, 0.3) is 0 Å². The van der Waals surface area contributed by atoms with Crippen LogP contribution in [0.4, 0.5) is 0 Å². The molecule has 0 radical (unpaired) electrons. The van der Waals surface area contributed by atoms with Crippen LogP contribution in [0.3, 0.4) is 0 Å². The van der Waals surface area contributed by atoms with E-state index in [9.17, 15) is 4.79 Å². The zero-order valence-electron chi connectivity index (χ0n) is 11.0. The van der Waals surface area contributed by atoms with E-state index in [0.29, 0.717) is 6.04 Å². The van der Waals surface area contributed by atoms with E-state index in [1.807, 2.05) is 12.1 Å². The third-order valence-corrected chi connectivity index (χ3v) is 4.77. The first-order valence-corrected chi connectivity index (χ1v) is 7.26. The van der Waals surface area contributed by atoms with Gasteiger partial charge in [0.25, 0.3) is 0 Å². The van der Waals surface area contributed by atoms with Gasteiger partial charge in [-0.3, -0.25) is 4.79 Å². The predicted octanol–water partition coefficient (Wildman–Crippen LogP) is 2.37. The molecule has 1 N–H and O–H groups in total. The molecule has 3 nitrogen and oxygen atoms in total. The third kappa shape index (κ3) is 2.39. The molecule has 2 saturated heterocycles. The highest BCUT2D eigenvalue weighted by atomic mass is 32.1. The van der Waals surface area contributed by atoms with E-state index < -0.39 is 0 Å². The SMILES string of the molecule is COC(=O)C1C2CCC(CC1c1ccc(S)cc1)N2. The summed E-state index contributed by atoms with van der Waals surface area (Å²) in [6.07, 6.45) is 3.26. The molecule has 4 heteroatoms. The number of fused-ring (bicyclic) bond motifs is 2. The molecule has 2 bridgehead atoms. The molecule has 4 unspecified atom stereocenters. The lowest BCUT2D eigenvalue weighted by molar-refractivity contribution is -0.148. The first-order valence-electron chi connectivity index (χ1n) is 6.82. The topological polar surface area (TPSA) is 38.3 Å². The molecule has 1 aromatic rings. The van der Waals surface area contributed by atoms with Gasteiger partial charge in [-0.25, -0.2) is 0 Å². The van der Waals surface area contributed by atoms with Crippen LogP contribution >= 0.6 is 12.6 Å². The first kappa shape index (κ1) is 13.0. The third-order valence-electron chi connectivity index (χ3n) is 4.48. The Hall–Kier alpha value is -1.00. The monoisotopic (exact) mass is 277 g/mol. The number of hydrogen-bond donors (Lipinski definition) is 2. The van der Waals surface area contributed by atoms with E-state index in [-0.39, 0.29) is 23.8 Å². The maximum atomic E-state index is 12.1. The normalized spacial score (nSPS) is 33.2. The number of carbonyl (C=O) groups excluding carboxylic acids is 1. The van der Waals surface area contributed by atoms with Gasteiger partial charge in [0.05, 0.1) is 13.0 Å². The Morgan fingerprint density at radius 3 is 2.74 bits per heavy atom. The second-order valence-corrected chi connectivity index (χ2v) is 6.05. The fraction of sp³-hybridized carbons (Fsp3) is 0.533. The van der Waals surface area contributed by atoms with Crippen LogP contribution in [0.1, 0.15) is 30.7 Å². The van der Waals surface area contributed by atoms with E-state index >= 15 is 0 Å². The van der Waals surface area contributed by atoms with Crippen LogP contribution in [-0.2, 0) is 9.53 Å². The minimum atomic E-state index is -0.0854. The molecular formula is C15H19NO2S. The average molecular weight is 277 g/mol. The Morgan fingerprint density at radius 1 is 1.32 bits per heavy atom. The largest absolute Gasteiger partial charge is 0.469 e. The summed E-state index contributed by atoms with van der Waals surface area (Å²) < 4.78 is 5.02. The van der Waals surface area contributed by atoms with Gasteiger partial charge in [0.15, 0.2) is 0 Å². The highest BCUT2D eigenvalue weighted by molar-refractivity contribution is 7.80. The van der Waals surface area contributed by atoms with Gasteiger partial charge in [-0.1, -0.05) is 12.1 Å². The van der Waals surface area contributed by atoms with Crippen LogP contribution in [0.2, 0.25) is 0 Å². The van der Waals surface area contributed by atoms with Crippen molar-refractivity contribution in [2.24, 2.45) is 5.92 Å². The molecule has 0 aliphatic carbocycles. The van der Waals surface area contributed by atoms with Crippen LogP contribution in [0, 0.1) is 5.92 Å². The summed E-state index contributed by atoms with van der Waals surface area (Å²) in [5.41, 5.74) is 1.23. The number of carbonyl (C=O) groups is 1. The number of hydrogen-bond acceptors (Lipinski definition) is 4. The summed E-state index contributed by atoms with van der Waals surface area (Å²) in [6, 6.07) is 8.99. The van der Waals surface area contributed by atoms with Crippen molar-refractivity contribution in [3.05, 3.63) is 29.8 Å². The Morgan fingerprint density at radius 2 is 2.05 bits per heavy atom. The summed E-state index contributed by atoms with van der Waals surface area (Å²) in [7, 11) is 1.48. The lowest BCUT2D eigenvalue weighted by Crippen LogP contribution is -2.48. The molecule has 2 aliphatic rings. The summed E-state index contributed by atoms with van der Waals surface area (Å²) in [4.78, 5) is 13.1. The molecular weight excluding hydrogens is 258 g/mol. The molecule has 4 atom stereocenters. The number of nitrogens with one attached hydrogen (secondary N) is 1. The molecule has 0 amide bonds. The molecule has 3 rings (SSSR count). The zero-order chi connectivity index (χ0) is 13.4. The van der Waals surface area contributed by atoms with Crippen molar-refractivity contribution in [1.29, 1.82) is 0 Å². The van der Waals surface area contributed by atoms with Crippen molar-refractivity contribution in [3.8, 4) is 0 Å². The van der Waals surface area contributed by atoms with Gasteiger partial charge in [0.1, 0.15) is 0 Å². The number of esters is 1. The van der Waals surface area contributed by atoms with Crippen LogP contribution in [0.15, 0.2) is 29.2 Å². The zero-order valence-corrected chi connectivity index (χ0v) is 11.9. The number of benzene rings is 1. The molecule has 2 heterocycles. The second kappa shape index (κ2) is 5.17. The Kier molecular flexibility index (Phi) is 3.54. The Labute approximate surface area is 119 Å². The van der Waals surface area contributed by atoms with Gasteiger partial charge >= 0.3 is 5.97 Å². The van der Waals surface area contributed by atoms with E-state index in [1.165, 1.54) is 19.1 Å². The van der Waals surface area contributed by atoms with Crippen molar-refractivity contribution in [2.75, 3.05) is 7.11 Å². The summed E-state index contributed by atoms with van der Waals surface area (Å²) in [6.45, 7) is 0. The Balaban J connectivity index is 1.92. The molecule has 0 aromatic heterocycles. The fourth-order valence-corrected chi connectivity index (χ4v) is 3.73. The standard InChI is InChI=1S/C15H19NO2S/c1-18-15(17)14-12(8-10-4-7-13(14)16-10)9-2-5-11(19)6-3-9/h2-3,5-6,10,12-14,16,19H,4,7-8H2,1H3. The molecule has 2 aliphatic heterocycles.